The zero-order chi connectivity index (χ0) is 15.9. The van der Waals surface area contributed by atoms with Crippen molar-refractivity contribution in [3.8, 4) is 11.5 Å². The smallest absolute Gasteiger partial charge is 0.184 e. The summed E-state index contributed by atoms with van der Waals surface area (Å²) in [5.74, 6) is 1.41. The topological polar surface area (TPSA) is 49.8 Å². The van der Waals surface area contributed by atoms with Gasteiger partial charge >= 0.3 is 0 Å². The Morgan fingerprint density at radius 1 is 0.955 bits per heavy atom. The summed E-state index contributed by atoms with van der Waals surface area (Å²) in [4.78, 5) is 4.46. The molecular formula is C17H21NO4. The molecule has 0 saturated heterocycles. The van der Waals surface area contributed by atoms with E-state index in [1.807, 2.05) is 30.3 Å². The average Bonchev–Trinajstić information content (AvgIpc) is 2.57. The number of benzene rings is 1. The van der Waals surface area contributed by atoms with E-state index in [-0.39, 0.29) is 0 Å². The number of pyridine rings is 1. The third-order valence-electron chi connectivity index (χ3n) is 3.43. The first-order valence-electron chi connectivity index (χ1n) is 6.93. The Morgan fingerprint density at radius 2 is 1.68 bits per heavy atom. The van der Waals surface area contributed by atoms with Gasteiger partial charge in [0.1, 0.15) is 0 Å². The molecule has 0 fully saturated rings. The number of ether oxygens (including phenoxy) is 4. The molecule has 5 heteroatoms. The molecule has 22 heavy (non-hydrogen) atoms. The molecule has 0 aliphatic rings. The van der Waals surface area contributed by atoms with Crippen LogP contribution < -0.4 is 9.47 Å². The molecule has 0 aliphatic carbocycles. The van der Waals surface area contributed by atoms with E-state index < -0.39 is 6.29 Å². The number of hydrogen-bond donors (Lipinski definition) is 0. The molecule has 0 atom stereocenters. The lowest BCUT2D eigenvalue weighted by molar-refractivity contribution is -0.106. The fourth-order valence-corrected chi connectivity index (χ4v) is 2.35. The van der Waals surface area contributed by atoms with Crippen LogP contribution in [0.5, 0.6) is 11.5 Å². The monoisotopic (exact) mass is 303 g/mol. The van der Waals surface area contributed by atoms with Gasteiger partial charge in [-0.3, -0.25) is 4.98 Å². The molecule has 0 aliphatic heterocycles. The lowest BCUT2D eigenvalue weighted by Gasteiger charge is -2.17. The highest BCUT2D eigenvalue weighted by molar-refractivity contribution is 5.44. The summed E-state index contributed by atoms with van der Waals surface area (Å²) in [5.41, 5.74) is 2.90. The minimum atomic E-state index is -0.427. The van der Waals surface area contributed by atoms with E-state index in [0.717, 1.165) is 16.8 Å². The Bertz CT molecular complexity index is 611. The SMILES string of the molecule is COc1ccc(Cc2ncccc2C(OC)OC)cc1OC. The van der Waals surface area contributed by atoms with Crippen molar-refractivity contribution in [2.24, 2.45) is 0 Å². The van der Waals surface area contributed by atoms with Gasteiger partial charge in [0.05, 0.1) is 19.9 Å². The van der Waals surface area contributed by atoms with Crippen LogP contribution in [0.4, 0.5) is 0 Å². The molecule has 0 saturated carbocycles. The second-order valence-corrected chi connectivity index (χ2v) is 4.71. The van der Waals surface area contributed by atoms with E-state index in [2.05, 4.69) is 4.98 Å². The molecule has 0 amide bonds. The third-order valence-corrected chi connectivity index (χ3v) is 3.43. The minimum absolute atomic E-state index is 0.427. The molecule has 5 nitrogen and oxygen atoms in total. The van der Waals surface area contributed by atoms with Crippen molar-refractivity contribution in [3.05, 3.63) is 53.3 Å². The van der Waals surface area contributed by atoms with Crippen molar-refractivity contribution in [2.45, 2.75) is 12.7 Å². The van der Waals surface area contributed by atoms with E-state index in [9.17, 15) is 0 Å². The lowest BCUT2D eigenvalue weighted by Crippen LogP contribution is -2.09. The van der Waals surface area contributed by atoms with Crippen LogP contribution in [0.3, 0.4) is 0 Å². The van der Waals surface area contributed by atoms with Gasteiger partial charge in [0.15, 0.2) is 17.8 Å². The van der Waals surface area contributed by atoms with Gasteiger partial charge in [-0.1, -0.05) is 12.1 Å². The number of aromatic nitrogens is 1. The molecule has 1 aromatic carbocycles. The van der Waals surface area contributed by atoms with E-state index in [0.29, 0.717) is 17.9 Å². The van der Waals surface area contributed by atoms with Crippen molar-refractivity contribution < 1.29 is 18.9 Å². The molecule has 0 unspecified atom stereocenters. The van der Waals surface area contributed by atoms with Crippen molar-refractivity contribution in [3.63, 3.8) is 0 Å². The number of rotatable bonds is 7. The van der Waals surface area contributed by atoms with E-state index in [1.165, 1.54) is 0 Å². The highest BCUT2D eigenvalue weighted by atomic mass is 16.7. The lowest BCUT2D eigenvalue weighted by atomic mass is 10.0. The quantitative estimate of drug-likeness (QED) is 0.736. The molecule has 0 N–H and O–H groups in total. The predicted molar refractivity (Wildman–Crippen MR) is 83.3 cm³/mol. The van der Waals surface area contributed by atoms with Gasteiger partial charge in [-0.2, -0.15) is 0 Å². The fourth-order valence-electron chi connectivity index (χ4n) is 2.35. The molecule has 1 aromatic heterocycles. The number of methoxy groups -OCH3 is 4. The summed E-state index contributed by atoms with van der Waals surface area (Å²) in [7, 11) is 6.47. The molecule has 0 spiro atoms. The summed E-state index contributed by atoms with van der Waals surface area (Å²) >= 11 is 0. The molecule has 0 radical (unpaired) electrons. The van der Waals surface area contributed by atoms with Gasteiger partial charge < -0.3 is 18.9 Å². The highest BCUT2D eigenvalue weighted by Gasteiger charge is 2.15. The van der Waals surface area contributed by atoms with E-state index >= 15 is 0 Å². The molecule has 0 bridgehead atoms. The maximum atomic E-state index is 5.34. The van der Waals surface area contributed by atoms with E-state index in [4.69, 9.17) is 18.9 Å². The standard InChI is InChI=1S/C17H21NO4/c1-19-15-8-7-12(11-16(15)20-2)10-14-13(6-5-9-18-14)17(21-3)22-4/h5-9,11,17H,10H2,1-4H3. The summed E-state index contributed by atoms with van der Waals surface area (Å²) in [5, 5.41) is 0. The van der Waals surface area contributed by atoms with Crippen molar-refractivity contribution in [1.29, 1.82) is 0 Å². The number of hydrogen-bond acceptors (Lipinski definition) is 5. The van der Waals surface area contributed by atoms with Crippen LogP contribution in [-0.2, 0) is 15.9 Å². The van der Waals surface area contributed by atoms with E-state index in [1.54, 1.807) is 34.6 Å². The Hall–Kier alpha value is -2.11. The summed E-state index contributed by atoms with van der Waals surface area (Å²) < 4.78 is 21.3. The van der Waals surface area contributed by atoms with Gasteiger partial charge in [0, 0.05) is 32.4 Å². The first-order valence-corrected chi connectivity index (χ1v) is 6.93. The minimum Gasteiger partial charge on any atom is -0.493 e. The van der Waals surface area contributed by atoms with Crippen LogP contribution in [0.25, 0.3) is 0 Å². The van der Waals surface area contributed by atoms with Crippen molar-refractivity contribution in [1.82, 2.24) is 4.98 Å². The maximum Gasteiger partial charge on any atom is 0.184 e. The normalized spacial score (nSPS) is 10.8. The highest BCUT2D eigenvalue weighted by Crippen LogP contribution is 2.29. The first-order chi connectivity index (χ1) is 10.7. The first kappa shape index (κ1) is 16.3. The molecular weight excluding hydrogens is 282 g/mol. The summed E-state index contributed by atoms with van der Waals surface area (Å²) in [6.07, 6.45) is 1.99. The van der Waals surface area contributed by atoms with Crippen LogP contribution in [0.15, 0.2) is 36.5 Å². The maximum absolute atomic E-state index is 5.34. The Kier molecular flexibility index (Phi) is 5.75. The van der Waals surface area contributed by atoms with Gasteiger partial charge in [-0.05, 0) is 23.8 Å². The largest absolute Gasteiger partial charge is 0.493 e. The van der Waals surface area contributed by atoms with Crippen LogP contribution in [0, 0.1) is 0 Å². The second-order valence-electron chi connectivity index (χ2n) is 4.71. The van der Waals surface area contributed by atoms with Gasteiger partial charge in [0.2, 0.25) is 0 Å². The van der Waals surface area contributed by atoms with Crippen LogP contribution in [0.2, 0.25) is 0 Å². The van der Waals surface area contributed by atoms with Crippen molar-refractivity contribution >= 4 is 0 Å². The van der Waals surface area contributed by atoms with Gasteiger partial charge in [0.25, 0.3) is 0 Å². The van der Waals surface area contributed by atoms with Crippen LogP contribution >= 0.6 is 0 Å². The van der Waals surface area contributed by atoms with Gasteiger partial charge in [-0.15, -0.1) is 0 Å². The third kappa shape index (κ3) is 3.55. The van der Waals surface area contributed by atoms with Crippen molar-refractivity contribution in [2.75, 3.05) is 28.4 Å². The summed E-state index contributed by atoms with van der Waals surface area (Å²) in [6, 6.07) is 9.67. The zero-order valence-electron chi connectivity index (χ0n) is 13.3. The van der Waals surface area contributed by atoms with Crippen LogP contribution in [0.1, 0.15) is 23.1 Å². The Balaban J connectivity index is 2.31. The molecule has 2 aromatic rings. The molecule has 2 rings (SSSR count). The van der Waals surface area contributed by atoms with Crippen LogP contribution in [-0.4, -0.2) is 33.4 Å². The Labute approximate surface area is 130 Å². The summed E-state index contributed by atoms with van der Waals surface area (Å²) in [6.45, 7) is 0. The molecule has 118 valence electrons. The average molecular weight is 303 g/mol. The Morgan fingerprint density at radius 3 is 2.32 bits per heavy atom. The predicted octanol–water partition coefficient (Wildman–Crippen LogP) is 2.98. The zero-order valence-corrected chi connectivity index (χ0v) is 13.3. The van der Waals surface area contributed by atoms with Gasteiger partial charge in [-0.25, -0.2) is 0 Å². The fraction of sp³-hybridized carbons (Fsp3) is 0.353. The molecule has 1 heterocycles. The second kappa shape index (κ2) is 7.77. The number of nitrogens with zero attached hydrogens (tertiary/aromatic N) is 1.